The van der Waals surface area contributed by atoms with Crippen LogP contribution in [0.25, 0.3) is 0 Å². The van der Waals surface area contributed by atoms with Gasteiger partial charge in [0.15, 0.2) is 0 Å². The highest BCUT2D eigenvalue weighted by atomic mass is 32.2. The lowest BCUT2D eigenvalue weighted by atomic mass is 10.2. The minimum atomic E-state index is -3.12. The van der Waals surface area contributed by atoms with Crippen LogP contribution in [0.5, 0.6) is 0 Å². The van der Waals surface area contributed by atoms with Crippen LogP contribution >= 0.6 is 0 Å². The topological polar surface area (TPSA) is 54.0 Å². The third-order valence-corrected chi connectivity index (χ3v) is 4.60. The summed E-state index contributed by atoms with van der Waals surface area (Å²) in [5.74, 6) is 0.119. The average Bonchev–Trinajstić information content (AvgIpc) is 2.31. The number of hydrogen-bond donors (Lipinski definition) is 1. The molecule has 1 aromatic carbocycles. The Labute approximate surface area is 96.3 Å². The van der Waals surface area contributed by atoms with Gasteiger partial charge >= 0.3 is 0 Å². The Morgan fingerprint density at radius 1 is 1.12 bits per heavy atom. The molecule has 0 bridgehead atoms. The molecule has 1 heterocycles. The predicted octanol–water partition coefficient (Wildman–Crippen LogP) is -0.605. The first-order valence-corrected chi connectivity index (χ1v) is 7.13. The van der Waals surface area contributed by atoms with Gasteiger partial charge in [-0.3, -0.25) is 0 Å². The first kappa shape index (κ1) is 11.6. The average molecular weight is 241 g/mol. The zero-order chi connectivity index (χ0) is 11.4. The molecule has 0 aliphatic carbocycles. The fourth-order valence-corrected chi connectivity index (χ4v) is 3.44. The molecule has 4 nitrogen and oxygen atoms in total. The number of hydrogen-bond acceptors (Lipinski definition) is 2. The van der Waals surface area contributed by atoms with Crippen molar-refractivity contribution in [3.05, 3.63) is 35.9 Å². The molecule has 16 heavy (non-hydrogen) atoms. The number of rotatable bonds is 3. The van der Waals surface area contributed by atoms with Crippen molar-refractivity contribution < 1.29 is 13.7 Å². The summed E-state index contributed by atoms with van der Waals surface area (Å²) in [7, 11) is -3.12. The van der Waals surface area contributed by atoms with Crippen LogP contribution in [0.4, 0.5) is 0 Å². The van der Waals surface area contributed by atoms with Gasteiger partial charge in [-0.25, -0.2) is 8.42 Å². The maximum absolute atomic E-state index is 12.1. The maximum Gasteiger partial charge on any atom is 0.218 e. The summed E-state index contributed by atoms with van der Waals surface area (Å²) in [5.41, 5.74) is 0.858. The van der Waals surface area contributed by atoms with Crippen molar-refractivity contribution >= 4 is 10.0 Å². The summed E-state index contributed by atoms with van der Waals surface area (Å²) in [6, 6.07) is 9.34. The van der Waals surface area contributed by atoms with Crippen LogP contribution < -0.4 is 5.32 Å². The molecule has 0 radical (unpaired) electrons. The molecular weight excluding hydrogens is 224 g/mol. The fraction of sp³-hybridized carbons (Fsp3) is 0.455. The molecule has 1 aromatic rings. The van der Waals surface area contributed by atoms with E-state index in [1.165, 1.54) is 0 Å². The lowest BCUT2D eigenvalue weighted by Gasteiger charge is -2.24. The highest BCUT2D eigenvalue weighted by Crippen LogP contribution is 2.10. The molecule has 1 aliphatic rings. The molecule has 0 aromatic heterocycles. The molecule has 5 heteroatoms. The van der Waals surface area contributed by atoms with Crippen LogP contribution in [0.15, 0.2) is 30.3 Å². The van der Waals surface area contributed by atoms with Crippen molar-refractivity contribution in [2.45, 2.75) is 5.75 Å². The van der Waals surface area contributed by atoms with Crippen molar-refractivity contribution in [1.29, 1.82) is 0 Å². The molecule has 0 atom stereocenters. The summed E-state index contributed by atoms with van der Waals surface area (Å²) in [4.78, 5) is 0. The Hall–Kier alpha value is -0.910. The van der Waals surface area contributed by atoms with Gasteiger partial charge in [0.25, 0.3) is 0 Å². The van der Waals surface area contributed by atoms with E-state index in [1.54, 1.807) is 4.31 Å². The van der Waals surface area contributed by atoms with E-state index in [-0.39, 0.29) is 5.75 Å². The summed E-state index contributed by atoms with van der Waals surface area (Å²) in [6.45, 7) is 3.01. The SMILES string of the molecule is O=S(=O)(Cc1ccccc1)N1CC[NH2+]CC1. The second kappa shape index (κ2) is 4.95. The van der Waals surface area contributed by atoms with Gasteiger partial charge in [-0.2, -0.15) is 4.31 Å². The van der Waals surface area contributed by atoms with Gasteiger partial charge in [0.2, 0.25) is 10.0 Å². The number of quaternary nitrogens is 1. The zero-order valence-electron chi connectivity index (χ0n) is 9.17. The van der Waals surface area contributed by atoms with Gasteiger partial charge < -0.3 is 5.32 Å². The molecule has 1 fully saturated rings. The first-order chi connectivity index (χ1) is 7.68. The van der Waals surface area contributed by atoms with Crippen molar-refractivity contribution in [3.8, 4) is 0 Å². The number of sulfonamides is 1. The molecule has 0 unspecified atom stereocenters. The van der Waals surface area contributed by atoms with Crippen molar-refractivity contribution in [1.82, 2.24) is 4.31 Å². The van der Waals surface area contributed by atoms with Crippen LogP contribution in [0, 0.1) is 0 Å². The van der Waals surface area contributed by atoms with Gasteiger partial charge in [-0.15, -0.1) is 0 Å². The van der Waals surface area contributed by atoms with Crippen LogP contribution in [0.3, 0.4) is 0 Å². The Morgan fingerprint density at radius 2 is 1.75 bits per heavy atom. The van der Waals surface area contributed by atoms with Gasteiger partial charge in [-0.05, 0) is 5.56 Å². The van der Waals surface area contributed by atoms with E-state index in [9.17, 15) is 8.42 Å². The smallest absolute Gasteiger partial charge is 0.218 e. The Bertz CT molecular complexity index is 425. The molecule has 1 saturated heterocycles. The van der Waals surface area contributed by atoms with Crippen LogP contribution in [-0.4, -0.2) is 38.9 Å². The number of nitrogens with zero attached hydrogens (tertiary/aromatic N) is 1. The molecule has 1 aliphatic heterocycles. The van der Waals surface area contributed by atoms with E-state index in [1.807, 2.05) is 30.3 Å². The van der Waals surface area contributed by atoms with Crippen molar-refractivity contribution in [2.75, 3.05) is 26.2 Å². The fourth-order valence-electron chi connectivity index (χ4n) is 1.88. The van der Waals surface area contributed by atoms with E-state index in [0.29, 0.717) is 13.1 Å². The lowest BCUT2D eigenvalue weighted by Crippen LogP contribution is -2.89. The normalized spacial score (nSPS) is 18.5. The summed E-state index contributed by atoms with van der Waals surface area (Å²) < 4.78 is 25.7. The van der Waals surface area contributed by atoms with Gasteiger partial charge in [0, 0.05) is 0 Å². The quantitative estimate of drug-likeness (QED) is 0.768. The van der Waals surface area contributed by atoms with Crippen LogP contribution in [0.1, 0.15) is 5.56 Å². The summed E-state index contributed by atoms with van der Waals surface area (Å²) in [6.07, 6.45) is 0. The van der Waals surface area contributed by atoms with Gasteiger partial charge in [0.05, 0.1) is 31.9 Å². The Balaban J connectivity index is 2.08. The first-order valence-electron chi connectivity index (χ1n) is 5.52. The third-order valence-electron chi connectivity index (χ3n) is 2.75. The molecular formula is C11H17N2O2S+. The number of nitrogens with two attached hydrogens (primary N) is 1. The minimum absolute atomic E-state index is 0.119. The second-order valence-corrected chi connectivity index (χ2v) is 5.98. The standard InChI is InChI=1S/C11H16N2O2S/c14-16(15,13-8-6-12-7-9-13)10-11-4-2-1-3-5-11/h1-5,12H,6-10H2/p+1. The molecule has 0 saturated carbocycles. The van der Waals surface area contributed by atoms with Gasteiger partial charge in [0.1, 0.15) is 0 Å². The predicted molar refractivity (Wildman–Crippen MR) is 62.3 cm³/mol. The number of piperazine rings is 1. The summed E-state index contributed by atoms with van der Waals surface area (Å²) >= 11 is 0. The Morgan fingerprint density at radius 3 is 2.38 bits per heavy atom. The third kappa shape index (κ3) is 2.81. The van der Waals surface area contributed by atoms with E-state index in [2.05, 4.69) is 5.32 Å². The molecule has 2 rings (SSSR count). The van der Waals surface area contributed by atoms with E-state index in [4.69, 9.17) is 0 Å². The van der Waals surface area contributed by atoms with Gasteiger partial charge in [-0.1, -0.05) is 30.3 Å². The monoisotopic (exact) mass is 241 g/mol. The molecule has 88 valence electrons. The van der Waals surface area contributed by atoms with Crippen molar-refractivity contribution in [3.63, 3.8) is 0 Å². The van der Waals surface area contributed by atoms with Crippen molar-refractivity contribution in [2.24, 2.45) is 0 Å². The maximum atomic E-state index is 12.1. The van der Waals surface area contributed by atoms with Crippen LogP contribution in [0.2, 0.25) is 0 Å². The highest BCUT2D eigenvalue weighted by Gasteiger charge is 2.25. The molecule has 0 amide bonds. The molecule has 0 spiro atoms. The second-order valence-electron chi connectivity index (χ2n) is 4.01. The highest BCUT2D eigenvalue weighted by molar-refractivity contribution is 7.88. The lowest BCUT2D eigenvalue weighted by molar-refractivity contribution is -0.661. The van der Waals surface area contributed by atoms with E-state index < -0.39 is 10.0 Å². The largest absolute Gasteiger partial charge is 0.344 e. The molecule has 2 N–H and O–H groups in total. The van der Waals surface area contributed by atoms with E-state index >= 15 is 0 Å². The summed E-state index contributed by atoms with van der Waals surface area (Å²) in [5, 5.41) is 2.15. The van der Waals surface area contributed by atoms with Crippen LogP contribution in [-0.2, 0) is 15.8 Å². The minimum Gasteiger partial charge on any atom is -0.344 e. The van der Waals surface area contributed by atoms with E-state index in [0.717, 1.165) is 18.7 Å². The zero-order valence-corrected chi connectivity index (χ0v) is 9.99. The Kier molecular flexibility index (Phi) is 3.58. The number of benzene rings is 1.